The number of hydrogen-bond donors (Lipinski definition) is 0. The molecule has 1 aliphatic heterocycles. The Kier molecular flexibility index (Phi) is 1.23. The highest BCUT2D eigenvalue weighted by Gasteiger charge is 2.63. The van der Waals surface area contributed by atoms with E-state index in [9.17, 15) is 4.79 Å². The van der Waals surface area contributed by atoms with Crippen LogP contribution in [0.25, 0.3) is 0 Å². The predicted octanol–water partition coefficient (Wildman–Crippen LogP) is 1.39. The molecule has 1 saturated heterocycles. The van der Waals surface area contributed by atoms with Gasteiger partial charge in [-0.05, 0) is 19.8 Å². The molecule has 1 aliphatic carbocycles. The van der Waals surface area contributed by atoms with Crippen molar-refractivity contribution in [2.45, 2.75) is 26.7 Å². The lowest BCUT2D eigenvalue weighted by Crippen LogP contribution is -2.49. The second-order valence-corrected chi connectivity index (χ2v) is 4.19. The van der Waals surface area contributed by atoms with Gasteiger partial charge in [-0.15, -0.1) is 0 Å². The Morgan fingerprint density at radius 2 is 1.91 bits per heavy atom. The molecule has 1 heterocycles. The highest BCUT2D eigenvalue weighted by Crippen LogP contribution is 2.61. The van der Waals surface area contributed by atoms with E-state index >= 15 is 0 Å². The fourth-order valence-corrected chi connectivity index (χ4v) is 2.19. The largest absolute Gasteiger partial charge is 0.380 e. The number of carbonyl (C=O) groups is 1. The summed E-state index contributed by atoms with van der Waals surface area (Å²) in [5.41, 5.74) is 0.198. The summed E-state index contributed by atoms with van der Waals surface area (Å²) < 4.78 is 5.16. The van der Waals surface area contributed by atoms with Crippen LogP contribution in [0.4, 0.5) is 0 Å². The zero-order valence-corrected chi connectivity index (χ0v) is 7.14. The lowest BCUT2D eigenvalue weighted by atomic mass is 9.70. The highest BCUT2D eigenvalue weighted by atomic mass is 16.5. The van der Waals surface area contributed by atoms with Gasteiger partial charge in [0.1, 0.15) is 5.78 Å². The summed E-state index contributed by atoms with van der Waals surface area (Å²) in [6.07, 6.45) is 2.17. The van der Waals surface area contributed by atoms with E-state index in [1.165, 1.54) is 0 Å². The third-order valence-corrected chi connectivity index (χ3v) is 3.42. The van der Waals surface area contributed by atoms with Gasteiger partial charge in [-0.2, -0.15) is 0 Å². The summed E-state index contributed by atoms with van der Waals surface area (Å²) in [4.78, 5) is 11.3. The first-order chi connectivity index (χ1) is 5.11. The molecule has 0 amide bonds. The van der Waals surface area contributed by atoms with Crippen molar-refractivity contribution < 1.29 is 9.53 Å². The molecule has 2 heteroatoms. The minimum absolute atomic E-state index is 0.0191. The van der Waals surface area contributed by atoms with Gasteiger partial charge in [-0.3, -0.25) is 4.79 Å². The van der Waals surface area contributed by atoms with E-state index < -0.39 is 0 Å². The molecular formula is C9H14O2. The SMILES string of the molecule is CC(=O)C1(C2(C)COC2)CC1. The third-order valence-electron chi connectivity index (χ3n) is 3.42. The van der Waals surface area contributed by atoms with Crippen molar-refractivity contribution in [1.29, 1.82) is 0 Å². The molecule has 2 fully saturated rings. The summed E-state index contributed by atoms with van der Waals surface area (Å²) in [6.45, 7) is 5.46. The van der Waals surface area contributed by atoms with Crippen LogP contribution in [0.3, 0.4) is 0 Å². The van der Waals surface area contributed by atoms with Crippen molar-refractivity contribution in [3.05, 3.63) is 0 Å². The quantitative estimate of drug-likeness (QED) is 0.600. The topological polar surface area (TPSA) is 26.3 Å². The van der Waals surface area contributed by atoms with Gasteiger partial charge in [-0.25, -0.2) is 0 Å². The van der Waals surface area contributed by atoms with Crippen molar-refractivity contribution >= 4 is 5.78 Å². The number of ether oxygens (including phenoxy) is 1. The summed E-state index contributed by atoms with van der Waals surface area (Å²) in [5, 5.41) is 0. The van der Waals surface area contributed by atoms with Gasteiger partial charge >= 0.3 is 0 Å². The van der Waals surface area contributed by atoms with Crippen LogP contribution in [0.5, 0.6) is 0 Å². The molecule has 62 valence electrons. The minimum atomic E-state index is 0.0191. The van der Waals surface area contributed by atoms with E-state index in [0.717, 1.165) is 26.1 Å². The predicted molar refractivity (Wildman–Crippen MR) is 41.3 cm³/mol. The first-order valence-corrected chi connectivity index (χ1v) is 4.20. The van der Waals surface area contributed by atoms with Gasteiger partial charge < -0.3 is 4.74 Å². The van der Waals surface area contributed by atoms with Crippen LogP contribution in [0.1, 0.15) is 26.7 Å². The molecule has 0 bridgehead atoms. The number of Topliss-reactive ketones (excluding diaryl/α,β-unsaturated/α-hetero) is 1. The standard InChI is InChI=1S/C9H14O2/c1-7(10)9(3-4-9)8(2)5-11-6-8/h3-6H2,1-2H3. The van der Waals surface area contributed by atoms with Crippen LogP contribution in [0.15, 0.2) is 0 Å². The van der Waals surface area contributed by atoms with Gasteiger partial charge in [0.05, 0.1) is 13.2 Å². The van der Waals surface area contributed by atoms with Crippen molar-refractivity contribution in [2.75, 3.05) is 13.2 Å². The molecule has 2 aliphatic rings. The van der Waals surface area contributed by atoms with Crippen LogP contribution >= 0.6 is 0 Å². The zero-order valence-electron chi connectivity index (χ0n) is 7.14. The molecule has 0 radical (unpaired) electrons. The molecule has 0 N–H and O–H groups in total. The maximum Gasteiger partial charge on any atom is 0.136 e. The molecule has 0 unspecified atom stereocenters. The minimum Gasteiger partial charge on any atom is -0.380 e. The van der Waals surface area contributed by atoms with Gasteiger partial charge in [0.15, 0.2) is 0 Å². The Morgan fingerprint density at radius 1 is 1.36 bits per heavy atom. The monoisotopic (exact) mass is 154 g/mol. The lowest BCUT2D eigenvalue weighted by molar-refractivity contribution is -0.160. The fourth-order valence-electron chi connectivity index (χ4n) is 2.19. The van der Waals surface area contributed by atoms with E-state index in [-0.39, 0.29) is 10.8 Å². The highest BCUT2D eigenvalue weighted by molar-refractivity contribution is 5.86. The average molecular weight is 154 g/mol. The van der Waals surface area contributed by atoms with Crippen LogP contribution in [0.2, 0.25) is 0 Å². The first-order valence-electron chi connectivity index (χ1n) is 4.20. The second-order valence-electron chi connectivity index (χ2n) is 4.19. The van der Waals surface area contributed by atoms with Gasteiger partial charge in [0, 0.05) is 10.8 Å². The summed E-state index contributed by atoms with van der Waals surface area (Å²) >= 11 is 0. The van der Waals surface area contributed by atoms with Crippen LogP contribution < -0.4 is 0 Å². The summed E-state index contributed by atoms with van der Waals surface area (Å²) in [7, 11) is 0. The Balaban J connectivity index is 2.19. The van der Waals surface area contributed by atoms with Crippen molar-refractivity contribution in [1.82, 2.24) is 0 Å². The maximum atomic E-state index is 11.3. The maximum absolute atomic E-state index is 11.3. The molecule has 0 atom stereocenters. The molecule has 0 spiro atoms. The number of ketones is 1. The first kappa shape index (κ1) is 7.29. The summed E-state index contributed by atoms with van der Waals surface area (Å²) in [5.74, 6) is 0.364. The van der Waals surface area contributed by atoms with E-state index in [1.54, 1.807) is 6.92 Å². The smallest absolute Gasteiger partial charge is 0.136 e. The van der Waals surface area contributed by atoms with E-state index in [2.05, 4.69) is 6.92 Å². The molecule has 0 aromatic carbocycles. The Bertz CT molecular complexity index is 200. The normalized spacial score (nSPS) is 30.7. The molecule has 1 saturated carbocycles. The molecular weight excluding hydrogens is 140 g/mol. The molecule has 2 nitrogen and oxygen atoms in total. The second kappa shape index (κ2) is 1.86. The Morgan fingerprint density at radius 3 is 2.00 bits per heavy atom. The molecule has 0 aromatic rings. The van der Waals surface area contributed by atoms with Gasteiger partial charge in [0.2, 0.25) is 0 Å². The molecule has 0 aromatic heterocycles. The number of hydrogen-bond acceptors (Lipinski definition) is 2. The van der Waals surface area contributed by atoms with Crippen LogP contribution in [0, 0.1) is 10.8 Å². The molecule has 11 heavy (non-hydrogen) atoms. The number of carbonyl (C=O) groups excluding carboxylic acids is 1. The van der Waals surface area contributed by atoms with Crippen LogP contribution in [-0.4, -0.2) is 19.0 Å². The van der Waals surface area contributed by atoms with E-state index in [4.69, 9.17) is 4.74 Å². The van der Waals surface area contributed by atoms with Crippen LogP contribution in [-0.2, 0) is 9.53 Å². The van der Waals surface area contributed by atoms with Crippen molar-refractivity contribution in [3.8, 4) is 0 Å². The lowest BCUT2D eigenvalue weighted by Gasteiger charge is -2.44. The average Bonchev–Trinajstić information content (AvgIpc) is 2.61. The van der Waals surface area contributed by atoms with Crippen molar-refractivity contribution in [3.63, 3.8) is 0 Å². The Labute approximate surface area is 66.9 Å². The van der Waals surface area contributed by atoms with Gasteiger partial charge in [0.25, 0.3) is 0 Å². The third kappa shape index (κ3) is 0.734. The van der Waals surface area contributed by atoms with Gasteiger partial charge in [-0.1, -0.05) is 6.92 Å². The zero-order chi connectivity index (χ0) is 8.11. The number of rotatable bonds is 2. The van der Waals surface area contributed by atoms with E-state index in [0.29, 0.717) is 5.78 Å². The summed E-state index contributed by atoms with van der Waals surface area (Å²) in [6, 6.07) is 0. The fraction of sp³-hybridized carbons (Fsp3) is 0.889. The van der Waals surface area contributed by atoms with Crippen molar-refractivity contribution in [2.24, 2.45) is 10.8 Å². The van der Waals surface area contributed by atoms with E-state index in [1.807, 2.05) is 0 Å². The molecule has 2 rings (SSSR count). The Hall–Kier alpha value is -0.370.